The minimum absolute atomic E-state index is 0.227. The SMILES string of the molecule is CCOC(=O)[C@@H]1[C@@H](C)CN1[S+]([O-])C(C)(C)C. The third-order valence-corrected chi connectivity index (χ3v) is 4.43. The van der Waals surface area contributed by atoms with Crippen LogP contribution >= 0.6 is 0 Å². The van der Waals surface area contributed by atoms with Gasteiger partial charge in [-0.1, -0.05) is 6.92 Å². The summed E-state index contributed by atoms with van der Waals surface area (Å²) in [7, 11) is 0. The zero-order chi connectivity index (χ0) is 12.5. The third kappa shape index (κ3) is 2.70. The summed E-state index contributed by atoms with van der Waals surface area (Å²) in [5.41, 5.74) is 0. The van der Waals surface area contributed by atoms with Crippen molar-refractivity contribution in [2.24, 2.45) is 5.92 Å². The van der Waals surface area contributed by atoms with Crippen molar-refractivity contribution >= 4 is 17.3 Å². The predicted molar refractivity (Wildman–Crippen MR) is 64.2 cm³/mol. The van der Waals surface area contributed by atoms with Gasteiger partial charge in [-0.25, -0.2) is 0 Å². The second kappa shape index (κ2) is 4.94. The highest BCUT2D eigenvalue weighted by atomic mass is 32.2. The van der Waals surface area contributed by atoms with Crippen LogP contribution in [-0.2, 0) is 20.9 Å². The Labute approximate surface area is 101 Å². The predicted octanol–water partition coefficient (Wildman–Crippen LogP) is 1.33. The van der Waals surface area contributed by atoms with Crippen LogP contribution in [0.4, 0.5) is 0 Å². The van der Waals surface area contributed by atoms with Gasteiger partial charge in [0.2, 0.25) is 0 Å². The van der Waals surface area contributed by atoms with Gasteiger partial charge in [0.25, 0.3) is 0 Å². The molecule has 5 heteroatoms. The van der Waals surface area contributed by atoms with Crippen LogP contribution in [0.5, 0.6) is 0 Å². The molecular formula is C11H21NO3S. The molecule has 0 aromatic rings. The van der Waals surface area contributed by atoms with Crippen molar-refractivity contribution in [1.29, 1.82) is 0 Å². The van der Waals surface area contributed by atoms with E-state index < -0.39 is 11.4 Å². The molecule has 0 radical (unpaired) electrons. The minimum atomic E-state index is -1.14. The Morgan fingerprint density at radius 2 is 2.12 bits per heavy atom. The topological polar surface area (TPSA) is 52.6 Å². The van der Waals surface area contributed by atoms with E-state index in [0.29, 0.717) is 13.2 Å². The van der Waals surface area contributed by atoms with Gasteiger partial charge in [0.1, 0.15) is 4.75 Å². The summed E-state index contributed by atoms with van der Waals surface area (Å²) in [6.45, 7) is 10.6. The van der Waals surface area contributed by atoms with E-state index in [1.807, 2.05) is 27.7 Å². The molecule has 0 amide bonds. The molecule has 1 rings (SSSR count). The summed E-state index contributed by atoms with van der Waals surface area (Å²) in [5.74, 6) is -0.0239. The van der Waals surface area contributed by atoms with Crippen molar-refractivity contribution in [2.45, 2.75) is 45.4 Å². The fraction of sp³-hybridized carbons (Fsp3) is 0.909. The van der Waals surface area contributed by atoms with Gasteiger partial charge in [0, 0.05) is 17.3 Å². The largest absolute Gasteiger partial charge is 0.597 e. The molecular weight excluding hydrogens is 226 g/mol. The number of esters is 1. The molecule has 1 aliphatic rings. The van der Waals surface area contributed by atoms with Crippen LogP contribution in [-0.4, -0.2) is 38.8 Å². The van der Waals surface area contributed by atoms with E-state index in [2.05, 4.69) is 0 Å². The number of hydrogen-bond donors (Lipinski definition) is 0. The first-order valence-electron chi connectivity index (χ1n) is 5.64. The molecule has 1 heterocycles. The number of carbonyl (C=O) groups is 1. The minimum Gasteiger partial charge on any atom is -0.597 e. The molecule has 0 spiro atoms. The summed E-state index contributed by atoms with van der Waals surface area (Å²) in [6.07, 6.45) is 0. The van der Waals surface area contributed by atoms with Crippen LogP contribution in [0, 0.1) is 5.92 Å². The van der Waals surface area contributed by atoms with Gasteiger partial charge < -0.3 is 9.29 Å². The summed E-state index contributed by atoms with van der Waals surface area (Å²) in [5, 5.41) is 0. The van der Waals surface area contributed by atoms with Gasteiger partial charge in [0.15, 0.2) is 6.04 Å². The van der Waals surface area contributed by atoms with Gasteiger partial charge in [-0.15, -0.1) is 4.31 Å². The number of rotatable bonds is 3. The highest BCUT2D eigenvalue weighted by Crippen LogP contribution is 2.33. The lowest BCUT2D eigenvalue weighted by atomic mass is 9.94. The average molecular weight is 247 g/mol. The first-order valence-corrected chi connectivity index (χ1v) is 6.75. The molecule has 0 saturated carbocycles. The number of carbonyl (C=O) groups excluding carboxylic acids is 1. The Morgan fingerprint density at radius 1 is 1.56 bits per heavy atom. The van der Waals surface area contributed by atoms with Crippen LogP contribution in [0.3, 0.4) is 0 Å². The molecule has 4 nitrogen and oxygen atoms in total. The summed E-state index contributed by atoms with van der Waals surface area (Å²) in [6, 6.07) is -0.333. The molecule has 1 fully saturated rings. The molecule has 16 heavy (non-hydrogen) atoms. The monoisotopic (exact) mass is 247 g/mol. The lowest BCUT2D eigenvalue weighted by Gasteiger charge is -2.46. The zero-order valence-corrected chi connectivity index (χ0v) is 11.5. The standard InChI is InChI=1S/C11H21NO3S/c1-6-15-10(13)9-8(2)7-12(9)16(14)11(3,4)5/h8-9H,6-7H2,1-5H3/t8-,9-,16?/m0/s1. The van der Waals surface area contributed by atoms with E-state index in [4.69, 9.17) is 4.74 Å². The molecule has 0 aliphatic carbocycles. The Hall–Kier alpha value is -0.260. The lowest BCUT2D eigenvalue weighted by molar-refractivity contribution is -0.154. The second-order valence-corrected chi connectivity index (χ2v) is 7.33. The van der Waals surface area contributed by atoms with E-state index in [1.54, 1.807) is 11.2 Å². The quantitative estimate of drug-likeness (QED) is 0.558. The van der Waals surface area contributed by atoms with E-state index in [1.165, 1.54) is 0 Å². The van der Waals surface area contributed by atoms with Crippen molar-refractivity contribution in [2.75, 3.05) is 13.2 Å². The van der Waals surface area contributed by atoms with Crippen LogP contribution in [0.15, 0.2) is 0 Å². The molecule has 1 saturated heterocycles. The van der Waals surface area contributed by atoms with Crippen molar-refractivity contribution in [1.82, 2.24) is 4.31 Å². The van der Waals surface area contributed by atoms with Gasteiger partial charge in [-0.3, -0.25) is 4.79 Å². The molecule has 3 atom stereocenters. The highest BCUT2D eigenvalue weighted by molar-refractivity contribution is 7.90. The highest BCUT2D eigenvalue weighted by Gasteiger charge is 2.52. The van der Waals surface area contributed by atoms with Crippen molar-refractivity contribution in [3.63, 3.8) is 0 Å². The fourth-order valence-electron chi connectivity index (χ4n) is 1.74. The molecule has 0 N–H and O–H groups in total. The fourth-order valence-corrected chi connectivity index (χ4v) is 3.32. The Bertz CT molecular complexity index is 264. The number of ether oxygens (including phenoxy) is 1. The maximum absolute atomic E-state index is 12.1. The smallest absolute Gasteiger partial charge is 0.328 e. The Morgan fingerprint density at radius 3 is 2.50 bits per heavy atom. The molecule has 0 aromatic carbocycles. The second-order valence-electron chi connectivity index (χ2n) is 5.14. The van der Waals surface area contributed by atoms with Gasteiger partial charge in [-0.2, -0.15) is 0 Å². The third-order valence-electron chi connectivity index (χ3n) is 2.58. The van der Waals surface area contributed by atoms with E-state index in [0.717, 1.165) is 0 Å². The van der Waals surface area contributed by atoms with Gasteiger partial charge in [0.05, 0.1) is 13.2 Å². The Kier molecular flexibility index (Phi) is 4.26. The summed E-state index contributed by atoms with van der Waals surface area (Å²) in [4.78, 5) is 11.7. The van der Waals surface area contributed by atoms with Gasteiger partial charge >= 0.3 is 5.97 Å². The maximum Gasteiger partial charge on any atom is 0.328 e. The number of nitrogens with zero attached hydrogens (tertiary/aromatic N) is 1. The first-order chi connectivity index (χ1) is 7.29. The average Bonchev–Trinajstić information content (AvgIpc) is 2.11. The summed E-state index contributed by atoms with van der Waals surface area (Å²) < 4.78 is 18.5. The van der Waals surface area contributed by atoms with Crippen LogP contribution < -0.4 is 0 Å². The Balaban J connectivity index is 2.66. The molecule has 0 aromatic heterocycles. The summed E-state index contributed by atoms with van der Waals surface area (Å²) >= 11 is -1.14. The van der Waals surface area contributed by atoms with Crippen molar-refractivity contribution < 1.29 is 14.1 Å². The lowest BCUT2D eigenvalue weighted by Crippen LogP contribution is -2.64. The van der Waals surface area contributed by atoms with Crippen molar-refractivity contribution in [3.8, 4) is 0 Å². The van der Waals surface area contributed by atoms with E-state index >= 15 is 0 Å². The maximum atomic E-state index is 12.1. The van der Waals surface area contributed by atoms with Crippen LogP contribution in [0.1, 0.15) is 34.6 Å². The van der Waals surface area contributed by atoms with Crippen LogP contribution in [0.25, 0.3) is 0 Å². The molecule has 1 unspecified atom stereocenters. The molecule has 94 valence electrons. The normalized spacial score (nSPS) is 28.4. The molecule has 0 bridgehead atoms. The zero-order valence-electron chi connectivity index (χ0n) is 10.6. The van der Waals surface area contributed by atoms with Crippen molar-refractivity contribution in [3.05, 3.63) is 0 Å². The van der Waals surface area contributed by atoms with E-state index in [9.17, 15) is 9.35 Å². The van der Waals surface area contributed by atoms with E-state index in [-0.39, 0.29) is 22.7 Å². The molecule has 1 aliphatic heterocycles. The number of hydrogen-bond acceptors (Lipinski definition) is 4. The first kappa shape index (κ1) is 13.8. The van der Waals surface area contributed by atoms with Gasteiger partial charge in [-0.05, 0) is 27.7 Å². The van der Waals surface area contributed by atoms with Crippen LogP contribution in [0.2, 0.25) is 0 Å².